The lowest BCUT2D eigenvalue weighted by Crippen LogP contribution is -2.34. The molecule has 2 heterocycles. The first-order valence-corrected chi connectivity index (χ1v) is 6.78. The number of hydrogen-bond donors (Lipinski definition) is 1. The average Bonchev–Trinajstić information content (AvgIpc) is 2.82. The molecule has 1 aliphatic rings. The summed E-state index contributed by atoms with van der Waals surface area (Å²) in [6.45, 7) is 0.532. The van der Waals surface area contributed by atoms with Gasteiger partial charge in [-0.25, -0.2) is 0 Å². The van der Waals surface area contributed by atoms with Gasteiger partial charge in [-0.3, -0.25) is 14.3 Å². The van der Waals surface area contributed by atoms with Gasteiger partial charge in [-0.1, -0.05) is 42.1 Å². The molecule has 98 valence electrons. The molecule has 0 saturated carbocycles. The molecular formula is C12H12N4O2S. The van der Waals surface area contributed by atoms with Crippen molar-refractivity contribution in [3.8, 4) is 11.4 Å². The van der Waals surface area contributed by atoms with Crippen molar-refractivity contribution < 1.29 is 9.90 Å². The second-order valence-corrected chi connectivity index (χ2v) is 5.15. The van der Waals surface area contributed by atoms with Crippen LogP contribution in [0.1, 0.15) is 0 Å². The summed E-state index contributed by atoms with van der Waals surface area (Å²) < 4.78 is 1.95. The molecule has 0 spiro atoms. The normalized spacial score (nSPS) is 15.2. The Morgan fingerprint density at radius 2 is 2.11 bits per heavy atom. The molecule has 19 heavy (non-hydrogen) atoms. The first kappa shape index (κ1) is 12.2. The largest absolute Gasteiger partial charge is 0.480 e. The standard InChI is InChI=1S/C12H12N4O2S/c17-10(18)6-15-7-16-11(9-4-2-1-3-5-9)13-14-12(16)19-8-15/h1-5H,6-8H2,(H,17,18). The number of thioether (sulfide) groups is 1. The lowest BCUT2D eigenvalue weighted by molar-refractivity contribution is -0.138. The number of aliphatic carboxylic acids is 1. The number of carboxylic acids is 1. The van der Waals surface area contributed by atoms with Crippen LogP contribution >= 0.6 is 11.8 Å². The molecule has 2 aromatic rings. The zero-order chi connectivity index (χ0) is 13.2. The van der Waals surface area contributed by atoms with E-state index in [1.165, 1.54) is 11.8 Å². The van der Waals surface area contributed by atoms with Gasteiger partial charge >= 0.3 is 5.97 Å². The molecule has 0 unspecified atom stereocenters. The molecule has 0 bridgehead atoms. The van der Waals surface area contributed by atoms with Crippen LogP contribution in [0.2, 0.25) is 0 Å². The Morgan fingerprint density at radius 3 is 2.84 bits per heavy atom. The molecule has 7 heteroatoms. The van der Waals surface area contributed by atoms with Gasteiger partial charge in [-0.15, -0.1) is 10.2 Å². The van der Waals surface area contributed by atoms with Gasteiger partial charge in [0.05, 0.1) is 19.1 Å². The Labute approximate surface area is 114 Å². The minimum Gasteiger partial charge on any atom is -0.480 e. The summed E-state index contributed by atoms with van der Waals surface area (Å²) in [4.78, 5) is 12.6. The van der Waals surface area contributed by atoms with Crippen LogP contribution in [0.4, 0.5) is 0 Å². The highest BCUT2D eigenvalue weighted by molar-refractivity contribution is 7.99. The minimum absolute atomic E-state index is 0.0266. The molecule has 0 saturated heterocycles. The van der Waals surface area contributed by atoms with Crippen molar-refractivity contribution in [1.82, 2.24) is 19.7 Å². The zero-order valence-corrected chi connectivity index (χ0v) is 10.9. The fourth-order valence-electron chi connectivity index (χ4n) is 2.00. The van der Waals surface area contributed by atoms with E-state index in [1.807, 2.05) is 39.8 Å². The van der Waals surface area contributed by atoms with Gasteiger partial charge in [-0.2, -0.15) is 0 Å². The number of carbonyl (C=O) groups is 1. The van der Waals surface area contributed by atoms with Crippen LogP contribution in [-0.4, -0.2) is 43.2 Å². The van der Waals surface area contributed by atoms with Gasteiger partial charge in [-0.05, 0) is 0 Å². The number of fused-ring (bicyclic) bond motifs is 1. The molecule has 0 amide bonds. The Morgan fingerprint density at radius 1 is 1.32 bits per heavy atom. The molecular weight excluding hydrogens is 264 g/mol. The predicted molar refractivity (Wildman–Crippen MR) is 70.5 cm³/mol. The smallest absolute Gasteiger partial charge is 0.317 e. The first-order valence-electron chi connectivity index (χ1n) is 5.79. The maximum atomic E-state index is 10.8. The van der Waals surface area contributed by atoms with Crippen LogP contribution < -0.4 is 0 Å². The topological polar surface area (TPSA) is 71.2 Å². The average molecular weight is 276 g/mol. The van der Waals surface area contributed by atoms with Crippen LogP contribution in [0.25, 0.3) is 11.4 Å². The summed E-state index contributed by atoms with van der Waals surface area (Å²) in [7, 11) is 0. The summed E-state index contributed by atoms with van der Waals surface area (Å²) in [6, 6.07) is 9.78. The van der Waals surface area contributed by atoms with Crippen LogP contribution in [0, 0.1) is 0 Å². The molecule has 0 fully saturated rings. The fraction of sp³-hybridized carbons (Fsp3) is 0.250. The fourth-order valence-corrected chi connectivity index (χ4v) is 2.87. The minimum atomic E-state index is -0.821. The lowest BCUT2D eigenvalue weighted by atomic mass is 10.2. The highest BCUT2D eigenvalue weighted by atomic mass is 32.2. The second kappa shape index (κ2) is 5.02. The second-order valence-electron chi connectivity index (χ2n) is 4.24. The highest BCUT2D eigenvalue weighted by Crippen LogP contribution is 2.28. The van der Waals surface area contributed by atoms with Crippen molar-refractivity contribution in [1.29, 1.82) is 0 Å². The van der Waals surface area contributed by atoms with E-state index in [0.717, 1.165) is 16.5 Å². The van der Waals surface area contributed by atoms with Crippen LogP contribution in [0.15, 0.2) is 35.5 Å². The van der Waals surface area contributed by atoms with Crippen LogP contribution in [0.3, 0.4) is 0 Å². The van der Waals surface area contributed by atoms with Crippen molar-refractivity contribution >= 4 is 17.7 Å². The maximum absolute atomic E-state index is 10.8. The zero-order valence-electron chi connectivity index (χ0n) is 10.1. The quantitative estimate of drug-likeness (QED) is 0.912. The SMILES string of the molecule is O=C(O)CN1CSc2nnc(-c3ccccc3)n2C1. The molecule has 0 aliphatic carbocycles. The van der Waals surface area contributed by atoms with Crippen molar-refractivity contribution in [2.75, 3.05) is 12.4 Å². The Kier molecular flexibility index (Phi) is 3.22. The molecule has 1 N–H and O–H groups in total. The van der Waals surface area contributed by atoms with E-state index in [2.05, 4.69) is 10.2 Å². The molecule has 3 rings (SSSR count). The van der Waals surface area contributed by atoms with Crippen LogP contribution in [-0.2, 0) is 11.5 Å². The van der Waals surface area contributed by atoms with E-state index >= 15 is 0 Å². The summed E-state index contributed by atoms with van der Waals surface area (Å²) in [5.74, 6) is 0.579. The van der Waals surface area contributed by atoms with Crippen molar-refractivity contribution in [3.05, 3.63) is 30.3 Å². The molecule has 1 aromatic heterocycles. The number of benzene rings is 1. The van der Waals surface area contributed by atoms with E-state index in [4.69, 9.17) is 5.11 Å². The van der Waals surface area contributed by atoms with Crippen LogP contribution in [0.5, 0.6) is 0 Å². The Bertz CT molecular complexity index is 599. The van der Waals surface area contributed by atoms with Crippen molar-refractivity contribution in [3.63, 3.8) is 0 Å². The van der Waals surface area contributed by atoms with Gasteiger partial charge in [0.15, 0.2) is 11.0 Å². The highest BCUT2D eigenvalue weighted by Gasteiger charge is 2.23. The van der Waals surface area contributed by atoms with Gasteiger partial charge in [0.1, 0.15) is 0 Å². The lowest BCUT2D eigenvalue weighted by Gasteiger charge is -2.26. The third kappa shape index (κ3) is 2.47. The van der Waals surface area contributed by atoms with Gasteiger partial charge in [0.25, 0.3) is 0 Å². The number of hydrogen-bond acceptors (Lipinski definition) is 5. The van der Waals surface area contributed by atoms with E-state index in [-0.39, 0.29) is 6.54 Å². The van der Waals surface area contributed by atoms with Crippen molar-refractivity contribution in [2.45, 2.75) is 11.8 Å². The Balaban J connectivity index is 1.91. The number of carboxylic acid groups (broad SMARTS) is 1. The predicted octanol–water partition coefficient (Wildman–Crippen LogP) is 1.35. The first-order chi connectivity index (χ1) is 9.24. The molecule has 1 aromatic carbocycles. The summed E-state index contributed by atoms with van der Waals surface area (Å²) in [5, 5.41) is 18.0. The molecule has 6 nitrogen and oxygen atoms in total. The number of nitrogens with zero attached hydrogens (tertiary/aromatic N) is 4. The van der Waals surface area contributed by atoms with Gasteiger partial charge in [0.2, 0.25) is 0 Å². The van der Waals surface area contributed by atoms with E-state index in [1.54, 1.807) is 0 Å². The van der Waals surface area contributed by atoms with E-state index < -0.39 is 5.97 Å². The molecule has 1 aliphatic heterocycles. The van der Waals surface area contributed by atoms with E-state index in [9.17, 15) is 4.79 Å². The Hall–Kier alpha value is -1.86. The monoisotopic (exact) mass is 276 g/mol. The van der Waals surface area contributed by atoms with Gasteiger partial charge < -0.3 is 5.11 Å². The van der Waals surface area contributed by atoms with Gasteiger partial charge in [0, 0.05) is 5.56 Å². The summed E-state index contributed by atoms with van der Waals surface area (Å²) in [5.41, 5.74) is 0.985. The third-order valence-electron chi connectivity index (χ3n) is 2.83. The maximum Gasteiger partial charge on any atom is 0.317 e. The summed E-state index contributed by atoms with van der Waals surface area (Å²) in [6.07, 6.45) is 0. The number of rotatable bonds is 3. The van der Waals surface area contributed by atoms with Crippen molar-refractivity contribution in [2.24, 2.45) is 0 Å². The summed E-state index contributed by atoms with van der Waals surface area (Å²) >= 11 is 1.51. The molecule has 0 atom stereocenters. The number of aromatic nitrogens is 3. The third-order valence-corrected chi connectivity index (χ3v) is 3.88. The molecule has 0 radical (unpaired) electrons. The van der Waals surface area contributed by atoms with E-state index in [0.29, 0.717) is 12.5 Å².